The Bertz CT molecular complexity index is 921. The van der Waals surface area contributed by atoms with Crippen molar-refractivity contribution in [2.24, 2.45) is 5.92 Å². The van der Waals surface area contributed by atoms with Crippen molar-refractivity contribution in [2.75, 3.05) is 44.0 Å². The lowest BCUT2D eigenvalue weighted by Crippen LogP contribution is -2.41. The van der Waals surface area contributed by atoms with Crippen molar-refractivity contribution in [3.8, 4) is 5.75 Å². The Kier molecular flexibility index (Phi) is 8.02. The molecule has 166 valence electrons. The normalized spacial score (nSPS) is 14.6. The number of piperidine rings is 1. The summed E-state index contributed by atoms with van der Waals surface area (Å²) >= 11 is 1.29. The van der Waals surface area contributed by atoms with Gasteiger partial charge in [-0.05, 0) is 56.4 Å². The number of likely N-dealkylation sites (tertiary alicyclic amines) is 1. The van der Waals surface area contributed by atoms with Crippen LogP contribution in [0.1, 0.15) is 30.1 Å². The van der Waals surface area contributed by atoms with Gasteiger partial charge in [0, 0.05) is 5.92 Å². The summed E-state index contributed by atoms with van der Waals surface area (Å²) in [6.45, 7) is 3.52. The number of para-hydroxylation sites is 2. The summed E-state index contributed by atoms with van der Waals surface area (Å²) < 4.78 is 10.3. The molecule has 2 amide bonds. The van der Waals surface area contributed by atoms with Gasteiger partial charge in [0.2, 0.25) is 11.8 Å². The van der Waals surface area contributed by atoms with E-state index in [1.165, 1.54) is 11.3 Å². The van der Waals surface area contributed by atoms with Crippen LogP contribution >= 0.6 is 11.3 Å². The number of hydrogen-bond donors (Lipinski definition) is 2. The zero-order valence-corrected chi connectivity index (χ0v) is 18.5. The summed E-state index contributed by atoms with van der Waals surface area (Å²) in [7, 11) is 1.57. The molecule has 0 unspecified atom stereocenters. The van der Waals surface area contributed by atoms with Gasteiger partial charge in [-0.25, -0.2) is 4.79 Å². The van der Waals surface area contributed by atoms with Crippen LogP contribution in [0, 0.1) is 5.92 Å². The van der Waals surface area contributed by atoms with Crippen LogP contribution in [0.2, 0.25) is 0 Å². The van der Waals surface area contributed by atoms with Gasteiger partial charge in [-0.1, -0.05) is 12.1 Å². The van der Waals surface area contributed by atoms with Gasteiger partial charge in [0.25, 0.3) is 0 Å². The van der Waals surface area contributed by atoms with E-state index in [-0.39, 0.29) is 30.9 Å². The van der Waals surface area contributed by atoms with E-state index in [0.717, 1.165) is 0 Å². The number of ether oxygens (including phenoxy) is 2. The number of carbonyl (C=O) groups is 3. The maximum absolute atomic E-state index is 12.6. The van der Waals surface area contributed by atoms with Gasteiger partial charge in [0.15, 0.2) is 0 Å². The van der Waals surface area contributed by atoms with Crippen LogP contribution in [0.3, 0.4) is 0 Å². The topological polar surface area (TPSA) is 97.0 Å². The van der Waals surface area contributed by atoms with Crippen molar-refractivity contribution in [2.45, 2.75) is 19.8 Å². The van der Waals surface area contributed by atoms with Crippen LogP contribution in [-0.4, -0.2) is 56.0 Å². The number of anilines is 2. The molecule has 2 aromatic rings. The van der Waals surface area contributed by atoms with Gasteiger partial charge in [0.1, 0.15) is 10.8 Å². The van der Waals surface area contributed by atoms with Crippen LogP contribution < -0.4 is 15.4 Å². The van der Waals surface area contributed by atoms with E-state index < -0.39 is 5.97 Å². The second-order valence-electron chi connectivity index (χ2n) is 7.17. The van der Waals surface area contributed by atoms with Crippen molar-refractivity contribution in [3.05, 3.63) is 41.3 Å². The zero-order valence-electron chi connectivity index (χ0n) is 17.7. The van der Waals surface area contributed by atoms with E-state index in [0.29, 0.717) is 47.9 Å². The number of amides is 2. The lowest BCUT2D eigenvalue weighted by atomic mass is 9.95. The number of carbonyl (C=O) groups excluding carboxylic acids is 3. The van der Waals surface area contributed by atoms with Crippen molar-refractivity contribution >= 4 is 39.8 Å². The highest BCUT2D eigenvalue weighted by Crippen LogP contribution is 2.26. The van der Waals surface area contributed by atoms with Gasteiger partial charge in [-0.15, -0.1) is 11.3 Å². The largest absolute Gasteiger partial charge is 0.495 e. The number of rotatable bonds is 8. The molecule has 0 aliphatic carbocycles. The molecule has 0 radical (unpaired) electrons. The van der Waals surface area contributed by atoms with E-state index in [9.17, 15) is 14.4 Å². The molecule has 1 aromatic heterocycles. The molecule has 2 N–H and O–H groups in total. The van der Waals surface area contributed by atoms with Crippen molar-refractivity contribution in [1.29, 1.82) is 0 Å². The molecule has 1 fully saturated rings. The Hall–Kier alpha value is -2.91. The summed E-state index contributed by atoms with van der Waals surface area (Å²) in [5.74, 6) is -0.158. The highest BCUT2D eigenvalue weighted by molar-refractivity contribution is 7.14. The summed E-state index contributed by atoms with van der Waals surface area (Å²) in [5.41, 5.74) is 1.03. The zero-order chi connectivity index (χ0) is 22.2. The number of esters is 1. The lowest BCUT2D eigenvalue weighted by molar-refractivity contribution is -0.121. The number of thiophene rings is 1. The molecule has 0 atom stereocenters. The number of benzene rings is 1. The Morgan fingerprint density at radius 3 is 2.58 bits per heavy atom. The summed E-state index contributed by atoms with van der Waals surface area (Å²) in [4.78, 5) is 39.0. The monoisotopic (exact) mass is 445 g/mol. The van der Waals surface area contributed by atoms with E-state index in [1.807, 2.05) is 23.1 Å². The van der Waals surface area contributed by atoms with Gasteiger partial charge >= 0.3 is 5.97 Å². The quantitative estimate of drug-likeness (QED) is 0.606. The second-order valence-corrected chi connectivity index (χ2v) is 8.09. The molecule has 1 aliphatic heterocycles. The van der Waals surface area contributed by atoms with Crippen LogP contribution in [-0.2, 0) is 14.3 Å². The Labute approximate surface area is 185 Å². The molecule has 0 spiro atoms. The molecule has 1 aromatic carbocycles. The molecule has 3 rings (SSSR count). The molecule has 9 heteroatoms. The van der Waals surface area contributed by atoms with Crippen LogP contribution in [0.15, 0.2) is 35.7 Å². The Morgan fingerprint density at radius 1 is 1.13 bits per heavy atom. The molecular formula is C22H27N3O5S. The molecule has 0 bridgehead atoms. The second kappa shape index (κ2) is 10.9. The third-order valence-electron chi connectivity index (χ3n) is 5.10. The number of hydrogen-bond acceptors (Lipinski definition) is 7. The summed E-state index contributed by atoms with van der Waals surface area (Å²) in [6, 6.07) is 8.96. The highest BCUT2D eigenvalue weighted by atomic mass is 32.1. The first-order valence-corrected chi connectivity index (χ1v) is 11.1. The minimum absolute atomic E-state index is 0.0359. The first-order valence-electron chi connectivity index (χ1n) is 10.2. The summed E-state index contributed by atoms with van der Waals surface area (Å²) in [6.07, 6.45) is 1.34. The van der Waals surface area contributed by atoms with Crippen LogP contribution in [0.5, 0.6) is 5.75 Å². The minimum atomic E-state index is -0.444. The minimum Gasteiger partial charge on any atom is -0.495 e. The van der Waals surface area contributed by atoms with Crippen molar-refractivity contribution in [1.82, 2.24) is 4.90 Å². The number of nitrogens with zero attached hydrogens (tertiary/aromatic N) is 1. The predicted octanol–water partition coefficient (Wildman–Crippen LogP) is 3.22. The maximum atomic E-state index is 12.6. The molecule has 0 saturated carbocycles. The molecule has 31 heavy (non-hydrogen) atoms. The summed E-state index contributed by atoms with van der Waals surface area (Å²) in [5, 5.41) is 7.98. The molecule has 1 aliphatic rings. The van der Waals surface area contributed by atoms with Crippen molar-refractivity contribution in [3.63, 3.8) is 0 Å². The third-order valence-corrected chi connectivity index (χ3v) is 5.93. The van der Waals surface area contributed by atoms with E-state index in [2.05, 4.69) is 10.6 Å². The standard InChI is InChI=1S/C22H27N3O5S/c1-3-30-22(28)16-10-13-31-21(16)24-19(26)14-25-11-8-15(9-12-25)20(27)23-17-6-4-5-7-18(17)29-2/h4-7,10,13,15H,3,8-9,11-12,14H2,1-2H3,(H,23,27)(H,24,26). The number of methoxy groups -OCH3 is 1. The lowest BCUT2D eigenvalue weighted by Gasteiger charge is -2.30. The smallest absolute Gasteiger partial charge is 0.341 e. The fourth-order valence-corrected chi connectivity index (χ4v) is 4.27. The first kappa shape index (κ1) is 22.8. The maximum Gasteiger partial charge on any atom is 0.341 e. The average molecular weight is 446 g/mol. The van der Waals surface area contributed by atoms with Gasteiger partial charge in [-0.2, -0.15) is 0 Å². The van der Waals surface area contributed by atoms with Crippen LogP contribution in [0.4, 0.5) is 10.7 Å². The average Bonchev–Trinajstić information content (AvgIpc) is 3.22. The van der Waals surface area contributed by atoms with Crippen molar-refractivity contribution < 1.29 is 23.9 Å². The Morgan fingerprint density at radius 2 is 1.87 bits per heavy atom. The van der Waals surface area contributed by atoms with E-state index in [1.54, 1.807) is 31.5 Å². The van der Waals surface area contributed by atoms with Gasteiger partial charge in [0.05, 0.1) is 31.5 Å². The predicted molar refractivity (Wildman–Crippen MR) is 120 cm³/mol. The van der Waals surface area contributed by atoms with E-state index in [4.69, 9.17) is 9.47 Å². The van der Waals surface area contributed by atoms with Gasteiger partial charge in [-0.3, -0.25) is 14.5 Å². The molecule has 2 heterocycles. The third kappa shape index (κ3) is 6.05. The SMILES string of the molecule is CCOC(=O)c1ccsc1NC(=O)CN1CCC(C(=O)Nc2ccccc2OC)CC1. The fraction of sp³-hybridized carbons (Fsp3) is 0.409. The highest BCUT2D eigenvalue weighted by Gasteiger charge is 2.27. The Balaban J connectivity index is 1.47. The molecular weight excluding hydrogens is 418 g/mol. The first-order chi connectivity index (χ1) is 15.0. The fourth-order valence-electron chi connectivity index (χ4n) is 3.48. The molecule has 1 saturated heterocycles. The number of nitrogens with one attached hydrogen (secondary N) is 2. The van der Waals surface area contributed by atoms with E-state index >= 15 is 0 Å². The molecule has 8 nitrogen and oxygen atoms in total. The van der Waals surface area contributed by atoms with Gasteiger partial charge < -0.3 is 20.1 Å². The van der Waals surface area contributed by atoms with Crippen LogP contribution in [0.25, 0.3) is 0 Å².